The fourth-order valence-electron chi connectivity index (χ4n) is 1.66. The van der Waals surface area contributed by atoms with Crippen LogP contribution in [-0.2, 0) is 0 Å². The van der Waals surface area contributed by atoms with Crippen LogP contribution < -0.4 is 0 Å². The van der Waals surface area contributed by atoms with Gasteiger partial charge in [-0.15, -0.1) is 0 Å². The molecule has 0 amide bonds. The highest BCUT2D eigenvalue weighted by Gasteiger charge is 2.02. The van der Waals surface area contributed by atoms with E-state index < -0.39 is 0 Å². The Morgan fingerprint density at radius 1 is 1.12 bits per heavy atom. The van der Waals surface area contributed by atoms with Crippen molar-refractivity contribution in [1.82, 2.24) is 14.4 Å². The highest BCUT2D eigenvalue weighted by atomic mass is 35.5. The van der Waals surface area contributed by atoms with Crippen LogP contribution in [0.25, 0.3) is 16.8 Å². The first-order valence-electron chi connectivity index (χ1n) is 4.87. The van der Waals surface area contributed by atoms with Gasteiger partial charge in [0.2, 0.25) is 0 Å². The molecule has 0 saturated carbocycles. The third-order valence-electron chi connectivity index (χ3n) is 2.46. The van der Waals surface area contributed by atoms with Crippen LogP contribution in [-0.4, -0.2) is 14.4 Å². The summed E-state index contributed by atoms with van der Waals surface area (Å²) in [5.74, 6) is 0. The first-order valence-corrected chi connectivity index (χ1v) is 5.25. The van der Waals surface area contributed by atoms with Gasteiger partial charge in [0, 0.05) is 24.2 Å². The smallest absolute Gasteiger partial charge is 0.138 e. The molecular formula is C12H8ClN3. The summed E-state index contributed by atoms with van der Waals surface area (Å²) in [6.07, 6.45) is 7.14. The number of hydrogen-bond acceptors (Lipinski definition) is 2. The molecule has 0 saturated heterocycles. The molecule has 0 aliphatic carbocycles. The molecule has 0 atom stereocenters. The molecule has 4 heteroatoms. The van der Waals surface area contributed by atoms with Crippen LogP contribution in [0.5, 0.6) is 0 Å². The Morgan fingerprint density at radius 2 is 2.06 bits per heavy atom. The Morgan fingerprint density at radius 3 is 2.88 bits per heavy atom. The lowest BCUT2D eigenvalue weighted by molar-refractivity contribution is 1.19. The van der Waals surface area contributed by atoms with E-state index >= 15 is 0 Å². The Bertz CT molecular complexity index is 631. The van der Waals surface area contributed by atoms with Gasteiger partial charge in [0.1, 0.15) is 10.8 Å². The fourth-order valence-corrected chi connectivity index (χ4v) is 1.85. The second-order valence-electron chi connectivity index (χ2n) is 3.47. The van der Waals surface area contributed by atoms with Crippen LogP contribution >= 0.6 is 11.6 Å². The number of halogens is 1. The van der Waals surface area contributed by atoms with E-state index in [0.29, 0.717) is 5.15 Å². The van der Waals surface area contributed by atoms with Gasteiger partial charge in [-0.2, -0.15) is 0 Å². The van der Waals surface area contributed by atoms with Crippen molar-refractivity contribution in [3.8, 4) is 11.1 Å². The number of nitrogens with zero attached hydrogens (tertiary/aromatic N) is 3. The van der Waals surface area contributed by atoms with Crippen LogP contribution in [0.4, 0.5) is 0 Å². The maximum absolute atomic E-state index is 5.96. The summed E-state index contributed by atoms with van der Waals surface area (Å²) in [5, 5.41) is 0.618. The van der Waals surface area contributed by atoms with Gasteiger partial charge in [-0.25, -0.2) is 4.98 Å². The van der Waals surface area contributed by atoms with Crippen LogP contribution in [0.3, 0.4) is 0 Å². The van der Waals surface area contributed by atoms with Crippen LogP contribution in [0.2, 0.25) is 5.15 Å². The molecule has 3 nitrogen and oxygen atoms in total. The number of fused-ring (bicyclic) bond motifs is 1. The molecule has 0 aliphatic heterocycles. The van der Waals surface area contributed by atoms with E-state index in [1.165, 1.54) is 0 Å². The minimum Gasteiger partial charge on any atom is -0.291 e. The van der Waals surface area contributed by atoms with E-state index in [-0.39, 0.29) is 0 Å². The number of hydrogen-bond donors (Lipinski definition) is 0. The maximum atomic E-state index is 5.96. The van der Waals surface area contributed by atoms with Gasteiger partial charge in [0.25, 0.3) is 0 Å². The van der Waals surface area contributed by atoms with E-state index in [1.54, 1.807) is 12.4 Å². The highest BCUT2D eigenvalue weighted by Crippen LogP contribution is 2.21. The molecule has 0 radical (unpaired) electrons. The number of pyridine rings is 2. The maximum Gasteiger partial charge on any atom is 0.138 e. The minimum atomic E-state index is 0.618. The molecule has 0 fully saturated rings. The molecule has 78 valence electrons. The number of imidazole rings is 1. The van der Waals surface area contributed by atoms with Gasteiger partial charge < -0.3 is 0 Å². The lowest BCUT2D eigenvalue weighted by atomic mass is 10.1. The highest BCUT2D eigenvalue weighted by molar-refractivity contribution is 6.29. The van der Waals surface area contributed by atoms with Gasteiger partial charge in [-0.3, -0.25) is 9.38 Å². The van der Waals surface area contributed by atoms with Crippen molar-refractivity contribution >= 4 is 17.2 Å². The van der Waals surface area contributed by atoms with Crippen LogP contribution in [0.1, 0.15) is 0 Å². The molecule has 3 heterocycles. The number of aromatic nitrogens is 3. The lowest BCUT2D eigenvalue weighted by Gasteiger charge is -2.01. The van der Waals surface area contributed by atoms with Gasteiger partial charge in [0.15, 0.2) is 0 Å². The summed E-state index contributed by atoms with van der Waals surface area (Å²) < 4.78 is 1.83. The van der Waals surface area contributed by atoms with E-state index in [0.717, 1.165) is 16.8 Å². The monoisotopic (exact) mass is 229 g/mol. The molecule has 3 aromatic rings. The van der Waals surface area contributed by atoms with Gasteiger partial charge in [-0.1, -0.05) is 17.7 Å². The van der Waals surface area contributed by atoms with E-state index in [1.807, 2.05) is 41.1 Å². The molecule has 0 aliphatic rings. The zero-order chi connectivity index (χ0) is 11.0. The van der Waals surface area contributed by atoms with Crippen molar-refractivity contribution in [3.63, 3.8) is 0 Å². The topological polar surface area (TPSA) is 30.2 Å². The predicted octanol–water partition coefficient (Wildman–Crippen LogP) is 3.05. The first kappa shape index (κ1) is 9.36. The molecule has 0 spiro atoms. The van der Waals surface area contributed by atoms with Gasteiger partial charge >= 0.3 is 0 Å². The third kappa shape index (κ3) is 1.46. The van der Waals surface area contributed by atoms with Crippen molar-refractivity contribution in [1.29, 1.82) is 0 Å². The van der Waals surface area contributed by atoms with Crippen molar-refractivity contribution in [2.45, 2.75) is 0 Å². The molecule has 3 aromatic heterocycles. The number of rotatable bonds is 1. The van der Waals surface area contributed by atoms with Crippen molar-refractivity contribution in [3.05, 3.63) is 54.2 Å². The molecule has 0 unspecified atom stereocenters. The van der Waals surface area contributed by atoms with Gasteiger partial charge in [0.05, 0.1) is 6.20 Å². The first-order chi connectivity index (χ1) is 7.84. The zero-order valence-corrected chi connectivity index (χ0v) is 9.09. The summed E-state index contributed by atoms with van der Waals surface area (Å²) in [6, 6.07) is 7.92. The quantitative estimate of drug-likeness (QED) is 0.642. The Kier molecular flexibility index (Phi) is 2.11. The normalized spacial score (nSPS) is 10.8. The average Bonchev–Trinajstić information content (AvgIpc) is 2.72. The molecule has 0 aromatic carbocycles. The Labute approximate surface area is 97.3 Å². The van der Waals surface area contributed by atoms with Gasteiger partial charge in [-0.05, 0) is 23.8 Å². The lowest BCUT2D eigenvalue weighted by Crippen LogP contribution is -1.86. The predicted molar refractivity (Wildman–Crippen MR) is 63.4 cm³/mol. The summed E-state index contributed by atoms with van der Waals surface area (Å²) in [4.78, 5) is 8.31. The molecule has 16 heavy (non-hydrogen) atoms. The third-order valence-corrected chi connectivity index (χ3v) is 2.74. The Balaban J connectivity index is 2.19. The summed E-state index contributed by atoms with van der Waals surface area (Å²) in [5.41, 5.74) is 3.00. The second kappa shape index (κ2) is 3.61. The average molecular weight is 230 g/mol. The van der Waals surface area contributed by atoms with E-state index in [9.17, 15) is 0 Å². The largest absolute Gasteiger partial charge is 0.291 e. The van der Waals surface area contributed by atoms with Crippen molar-refractivity contribution < 1.29 is 0 Å². The van der Waals surface area contributed by atoms with E-state index in [2.05, 4.69) is 9.97 Å². The summed E-state index contributed by atoms with van der Waals surface area (Å²) >= 11 is 5.96. The SMILES string of the molecule is Clc1cnc2cc(-c3cccnc3)ccn12. The second-order valence-corrected chi connectivity index (χ2v) is 3.85. The van der Waals surface area contributed by atoms with Crippen molar-refractivity contribution in [2.24, 2.45) is 0 Å². The van der Waals surface area contributed by atoms with Crippen LogP contribution in [0.15, 0.2) is 49.1 Å². The standard InChI is InChI=1S/C12H8ClN3/c13-11-8-15-12-6-9(3-5-16(11)12)10-2-1-4-14-7-10/h1-8H. The minimum absolute atomic E-state index is 0.618. The molecule has 0 N–H and O–H groups in total. The Hall–Kier alpha value is -1.87. The van der Waals surface area contributed by atoms with Crippen LogP contribution in [0, 0.1) is 0 Å². The zero-order valence-electron chi connectivity index (χ0n) is 8.34. The summed E-state index contributed by atoms with van der Waals surface area (Å²) in [6.45, 7) is 0. The molecule has 0 bridgehead atoms. The fraction of sp³-hybridized carbons (Fsp3) is 0. The summed E-state index contributed by atoms with van der Waals surface area (Å²) in [7, 11) is 0. The van der Waals surface area contributed by atoms with Crippen molar-refractivity contribution in [2.75, 3.05) is 0 Å². The molecular weight excluding hydrogens is 222 g/mol. The van der Waals surface area contributed by atoms with E-state index in [4.69, 9.17) is 11.6 Å². The molecule has 3 rings (SSSR count).